The first kappa shape index (κ1) is 17.5. The third kappa shape index (κ3) is 4.82. The van der Waals surface area contributed by atoms with E-state index in [1.54, 1.807) is 29.2 Å². The molecular formula is C19H22N2O3S. The van der Waals surface area contributed by atoms with Gasteiger partial charge in [0, 0.05) is 24.3 Å². The highest BCUT2D eigenvalue weighted by Crippen LogP contribution is 2.23. The van der Waals surface area contributed by atoms with Crippen LogP contribution in [0.5, 0.6) is 0 Å². The molecule has 1 aliphatic heterocycles. The van der Waals surface area contributed by atoms with E-state index < -0.39 is 10.0 Å². The molecule has 1 amide bonds. The first-order valence-electron chi connectivity index (χ1n) is 8.48. The smallest absolute Gasteiger partial charge is 0.233 e. The monoisotopic (exact) mass is 358 g/mol. The highest BCUT2D eigenvalue weighted by atomic mass is 32.2. The van der Waals surface area contributed by atoms with E-state index >= 15 is 0 Å². The second-order valence-electron chi connectivity index (χ2n) is 6.21. The second kappa shape index (κ2) is 7.70. The number of anilines is 2. The van der Waals surface area contributed by atoms with Crippen molar-refractivity contribution in [3.63, 3.8) is 0 Å². The lowest BCUT2D eigenvalue weighted by molar-refractivity contribution is -0.119. The molecule has 0 radical (unpaired) electrons. The predicted octanol–water partition coefficient (Wildman–Crippen LogP) is 3.19. The minimum Gasteiger partial charge on any atom is -0.312 e. The second-order valence-corrected chi connectivity index (χ2v) is 8.05. The van der Waals surface area contributed by atoms with E-state index in [0.29, 0.717) is 18.5 Å². The molecule has 1 saturated heterocycles. The molecule has 6 heteroatoms. The zero-order chi connectivity index (χ0) is 17.7. The average molecular weight is 358 g/mol. The van der Waals surface area contributed by atoms with Crippen molar-refractivity contribution in [3.8, 4) is 0 Å². The minimum absolute atomic E-state index is 0.0311. The average Bonchev–Trinajstić information content (AvgIpc) is 2.62. The van der Waals surface area contributed by atoms with Crippen LogP contribution in [0.3, 0.4) is 0 Å². The van der Waals surface area contributed by atoms with Crippen LogP contribution in [0.1, 0.15) is 24.8 Å². The molecule has 0 spiro atoms. The number of amides is 1. The Morgan fingerprint density at radius 1 is 0.960 bits per heavy atom. The molecule has 132 valence electrons. The van der Waals surface area contributed by atoms with Gasteiger partial charge in [0.1, 0.15) is 0 Å². The lowest BCUT2D eigenvalue weighted by Crippen LogP contribution is -2.35. The summed E-state index contributed by atoms with van der Waals surface area (Å²) in [7, 11) is -3.41. The number of nitrogens with one attached hydrogen (secondary N) is 1. The van der Waals surface area contributed by atoms with Gasteiger partial charge in [-0.25, -0.2) is 8.42 Å². The Morgan fingerprint density at radius 2 is 1.68 bits per heavy atom. The van der Waals surface area contributed by atoms with Crippen molar-refractivity contribution < 1.29 is 13.2 Å². The molecule has 0 aromatic heterocycles. The van der Waals surface area contributed by atoms with Crippen molar-refractivity contribution in [1.29, 1.82) is 0 Å². The number of carbonyl (C=O) groups excluding carboxylic acids is 1. The summed E-state index contributed by atoms with van der Waals surface area (Å²) in [6.45, 7) is 0.723. The standard InChI is InChI=1S/C19H22N2O3S/c22-19-8-4-5-14-21(19)18-11-9-17(10-12-18)20-25(23,24)15-13-16-6-2-1-3-7-16/h1-3,6-7,9-12,20H,4-5,8,13-15H2. The Bertz CT molecular complexity index is 818. The number of hydrogen-bond donors (Lipinski definition) is 1. The van der Waals surface area contributed by atoms with Crippen LogP contribution in [0.4, 0.5) is 11.4 Å². The summed E-state index contributed by atoms with van der Waals surface area (Å²) in [5.41, 5.74) is 2.32. The molecule has 25 heavy (non-hydrogen) atoms. The number of sulfonamides is 1. The van der Waals surface area contributed by atoms with Gasteiger partial charge < -0.3 is 4.90 Å². The van der Waals surface area contributed by atoms with Crippen LogP contribution in [0.25, 0.3) is 0 Å². The number of piperidine rings is 1. The molecule has 3 rings (SSSR count). The number of rotatable bonds is 6. The lowest BCUT2D eigenvalue weighted by Gasteiger charge is -2.26. The first-order chi connectivity index (χ1) is 12.0. The molecular weight excluding hydrogens is 336 g/mol. The normalized spacial score (nSPS) is 15.2. The molecule has 1 heterocycles. The zero-order valence-electron chi connectivity index (χ0n) is 14.0. The van der Waals surface area contributed by atoms with Crippen LogP contribution in [0.2, 0.25) is 0 Å². The summed E-state index contributed by atoms with van der Waals surface area (Å²) in [4.78, 5) is 13.7. The number of aryl methyl sites for hydroxylation is 1. The molecule has 0 bridgehead atoms. The van der Waals surface area contributed by atoms with Gasteiger partial charge in [-0.1, -0.05) is 30.3 Å². The van der Waals surface area contributed by atoms with Crippen LogP contribution in [-0.2, 0) is 21.2 Å². The third-order valence-electron chi connectivity index (χ3n) is 4.28. The van der Waals surface area contributed by atoms with Gasteiger partial charge >= 0.3 is 0 Å². The fraction of sp³-hybridized carbons (Fsp3) is 0.316. The van der Waals surface area contributed by atoms with Crippen molar-refractivity contribution in [2.24, 2.45) is 0 Å². The third-order valence-corrected chi connectivity index (χ3v) is 5.57. The van der Waals surface area contributed by atoms with Crippen molar-refractivity contribution in [1.82, 2.24) is 0 Å². The summed E-state index contributed by atoms with van der Waals surface area (Å²) in [5.74, 6) is 0.158. The quantitative estimate of drug-likeness (QED) is 0.862. The number of benzene rings is 2. The maximum atomic E-state index is 12.2. The van der Waals surface area contributed by atoms with Crippen LogP contribution < -0.4 is 9.62 Å². The van der Waals surface area contributed by atoms with Gasteiger partial charge in [0.15, 0.2) is 0 Å². The molecule has 0 unspecified atom stereocenters. The van der Waals surface area contributed by atoms with Gasteiger partial charge in [0.25, 0.3) is 0 Å². The molecule has 0 saturated carbocycles. The summed E-state index contributed by atoms with van der Waals surface area (Å²) in [6.07, 6.45) is 2.98. The maximum Gasteiger partial charge on any atom is 0.233 e. The summed E-state index contributed by atoms with van der Waals surface area (Å²) in [6, 6.07) is 16.5. The van der Waals surface area contributed by atoms with E-state index in [-0.39, 0.29) is 11.7 Å². The molecule has 1 N–H and O–H groups in total. The van der Waals surface area contributed by atoms with Crippen molar-refractivity contribution in [3.05, 3.63) is 60.2 Å². The Hall–Kier alpha value is -2.34. The van der Waals surface area contributed by atoms with Crippen LogP contribution in [0, 0.1) is 0 Å². The topological polar surface area (TPSA) is 66.5 Å². The number of nitrogens with zero attached hydrogens (tertiary/aromatic N) is 1. The van der Waals surface area contributed by atoms with E-state index in [0.717, 1.165) is 30.6 Å². The van der Waals surface area contributed by atoms with E-state index in [1.165, 1.54) is 0 Å². The van der Waals surface area contributed by atoms with E-state index in [4.69, 9.17) is 0 Å². The Balaban J connectivity index is 1.61. The fourth-order valence-electron chi connectivity index (χ4n) is 2.92. The molecule has 2 aromatic rings. The Labute approximate surface area is 148 Å². The number of hydrogen-bond acceptors (Lipinski definition) is 3. The van der Waals surface area contributed by atoms with E-state index in [9.17, 15) is 13.2 Å². The van der Waals surface area contributed by atoms with Gasteiger partial charge in [-0.3, -0.25) is 9.52 Å². The summed E-state index contributed by atoms with van der Waals surface area (Å²) >= 11 is 0. The van der Waals surface area contributed by atoms with Crippen LogP contribution in [0.15, 0.2) is 54.6 Å². The fourth-order valence-corrected chi connectivity index (χ4v) is 4.02. The van der Waals surface area contributed by atoms with Gasteiger partial charge in [0.05, 0.1) is 5.75 Å². The van der Waals surface area contributed by atoms with Gasteiger partial charge in [-0.05, 0) is 49.1 Å². The number of carbonyl (C=O) groups is 1. The minimum atomic E-state index is -3.41. The maximum absolute atomic E-state index is 12.2. The highest BCUT2D eigenvalue weighted by Gasteiger charge is 2.19. The van der Waals surface area contributed by atoms with E-state index in [1.807, 2.05) is 30.3 Å². The molecule has 0 atom stereocenters. The van der Waals surface area contributed by atoms with Gasteiger partial charge in [-0.15, -0.1) is 0 Å². The summed E-state index contributed by atoms with van der Waals surface area (Å²) < 4.78 is 27.1. The van der Waals surface area contributed by atoms with E-state index in [2.05, 4.69) is 4.72 Å². The molecule has 2 aromatic carbocycles. The highest BCUT2D eigenvalue weighted by molar-refractivity contribution is 7.92. The lowest BCUT2D eigenvalue weighted by atomic mass is 10.1. The molecule has 0 aliphatic carbocycles. The van der Waals surface area contributed by atoms with Crippen molar-refractivity contribution >= 4 is 27.3 Å². The molecule has 1 fully saturated rings. The van der Waals surface area contributed by atoms with Crippen molar-refractivity contribution in [2.45, 2.75) is 25.7 Å². The van der Waals surface area contributed by atoms with Crippen molar-refractivity contribution in [2.75, 3.05) is 21.9 Å². The summed E-state index contributed by atoms with van der Waals surface area (Å²) in [5, 5.41) is 0. The first-order valence-corrected chi connectivity index (χ1v) is 10.1. The van der Waals surface area contributed by atoms with Crippen LogP contribution >= 0.6 is 0 Å². The van der Waals surface area contributed by atoms with Gasteiger partial charge in [-0.2, -0.15) is 0 Å². The SMILES string of the molecule is O=C1CCCCN1c1ccc(NS(=O)(=O)CCc2ccccc2)cc1. The van der Waals surface area contributed by atoms with Gasteiger partial charge in [0.2, 0.25) is 15.9 Å². The zero-order valence-corrected chi connectivity index (χ0v) is 14.8. The predicted molar refractivity (Wildman–Crippen MR) is 100 cm³/mol. The molecule has 5 nitrogen and oxygen atoms in total. The molecule has 1 aliphatic rings. The Kier molecular flexibility index (Phi) is 5.38. The largest absolute Gasteiger partial charge is 0.312 e. The Morgan fingerprint density at radius 3 is 2.36 bits per heavy atom. The van der Waals surface area contributed by atoms with Crippen LogP contribution in [-0.4, -0.2) is 26.6 Å².